The first kappa shape index (κ1) is 25.2. The number of ether oxygens (including phenoxy) is 1. The van der Waals surface area contributed by atoms with Gasteiger partial charge in [-0.05, 0) is 36.4 Å². The summed E-state index contributed by atoms with van der Waals surface area (Å²) in [7, 11) is -3.63. The van der Waals surface area contributed by atoms with Crippen molar-refractivity contribution in [2.24, 2.45) is 0 Å². The average molecular weight is 498 g/mol. The second kappa shape index (κ2) is 9.85. The highest BCUT2D eigenvalue weighted by Gasteiger charge is 2.33. The van der Waals surface area contributed by atoms with Gasteiger partial charge in [0.1, 0.15) is 11.3 Å². The molecule has 1 heterocycles. The first-order valence-corrected chi connectivity index (χ1v) is 11.6. The molecule has 3 rings (SSSR count). The Morgan fingerprint density at radius 2 is 1.71 bits per heavy atom. The fraction of sp³-hybridized carbons (Fsp3) is 0.273. The Bertz CT molecular complexity index is 1350. The second-order valence-electron chi connectivity index (χ2n) is 7.09. The van der Waals surface area contributed by atoms with Crippen LogP contribution >= 0.6 is 0 Å². The molecular weight excluding hydrogens is 477 g/mol. The van der Waals surface area contributed by atoms with Gasteiger partial charge in [0.15, 0.2) is 6.61 Å². The highest BCUT2D eigenvalue weighted by molar-refractivity contribution is 7.89. The molecule has 12 heteroatoms. The minimum atomic E-state index is -4.74. The van der Waals surface area contributed by atoms with Crippen LogP contribution in [0.2, 0.25) is 0 Å². The van der Waals surface area contributed by atoms with E-state index in [9.17, 15) is 31.2 Å². The van der Waals surface area contributed by atoms with Crippen molar-refractivity contribution in [2.75, 3.05) is 25.0 Å². The molecule has 0 atom stereocenters. The lowest BCUT2D eigenvalue weighted by atomic mass is 10.1. The summed E-state index contributed by atoms with van der Waals surface area (Å²) in [4.78, 5) is 23.7. The monoisotopic (exact) mass is 498 g/mol. The highest BCUT2D eigenvalue weighted by atomic mass is 32.2. The van der Waals surface area contributed by atoms with Crippen LogP contribution in [-0.4, -0.2) is 38.3 Å². The number of rotatable bonds is 8. The van der Waals surface area contributed by atoms with Gasteiger partial charge in [-0.3, -0.25) is 4.79 Å². The number of hydrogen-bond acceptors (Lipinski definition) is 6. The lowest BCUT2D eigenvalue weighted by Gasteiger charge is -2.18. The molecule has 0 saturated heterocycles. The number of benzene rings is 2. The Hall–Kier alpha value is -3.38. The van der Waals surface area contributed by atoms with Crippen molar-refractivity contribution < 1.29 is 35.5 Å². The molecule has 8 nitrogen and oxygen atoms in total. The molecule has 0 radical (unpaired) electrons. The third-order valence-electron chi connectivity index (χ3n) is 4.87. The van der Waals surface area contributed by atoms with E-state index < -0.39 is 39.9 Å². The normalized spacial score (nSPS) is 12.2. The average Bonchev–Trinajstić information content (AvgIpc) is 2.77. The summed E-state index contributed by atoms with van der Waals surface area (Å²) in [6, 6.07) is 9.36. The number of nitrogens with zero attached hydrogens (tertiary/aromatic N) is 1. The lowest BCUT2D eigenvalue weighted by molar-refractivity contribution is -0.136. The first-order chi connectivity index (χ1) is 16.0. The number of amides is 1. The van der Waals surface area contributed by atoms with Crippen LogP contribution in [0.25, 0.3) is 11.0 Å². The van der Waals surface area contributed by atoms with E-state index >= 15 is 0 Å². The van der Waals surface area contributed by atoms with Gasteiger partial charge < -0.3 is 14.5 Å². The predicted octanol–water partition coefficient (Wildman–Crippen LogP) is 3.86. The van der Waals surface area contributed by atoms with Gasteiger partial charge >= 0.3 is 11.8 Å². The number of nitrogens with one attached hydrogen (secondary N) is 1. The smallest absolute Gasteiger partial charge is 0.417 e. The van der Waals surface area contributed by atoms with Crippen LogP contribution < -0.4 is 15.7 Å². The summed E-state index contributed by atoms with van der Waals surface area (Å²) >= 11 is 0. The lowest BCUT2D eigenvalue weighted by Crippen LogP contribution is -2.30. The summed E-state index contributed by atoms with van der Waals surface area (Å²) in [6.07, 6.45) is -4.74. The molecule has 2 aromatic carbocycles. The van der Waals surface area contributed by atoms with Gasteiger partial charge in [-0.1, -0.05) is 13.8 Å². The number of alkyl halides is 3. The van der Waals surface area contributed by atoms with Crippen molar-refractivity contribution in [3.05, 3.63) is 64.5 Å². The number of halogens is 3. The van der Waals surface area contributed by atoms with E-state index in [1.807, 2.05) is 0 Å². The fourth-order valence-corrected chi connectivity index (χ4v) is 4.69. The van der Waals surface area contributed by atoms with Crippen molar-refractivity contribution >= 4 is 32.6 Å². The van der Waals surface area contributed by atoms with Crippen molar-refractivity contribution in [2.45, 2.75) is 24.9 Å². The Balaban J connectivity index is 1.68. The maximum atomic E-state index is 13.1. The summed E-state index contributed by atoms with van der Waals surface area (Å²) < 4.78 is 75.8. The van der Waals surface area contributed by atoms with Crippen LogP contribution in [0.1, 0.15) is 19.4 Å². The zero-order valence-corrected chi connectivity index (χ0v) is 19.0. The molecule has 3 aromatic rings. The minimum absolute atomic E-state index is 0.0192. The predicted molar refractivity (Wildman–Crippen MR) is 118 cm³/mol. The molecule has 0 aliphatic carbocycles. The van der Waals surface area contributed by atoms with Crippen molar-refractivity contribution in [1.29, 1.82) is 0 Å². The minimum Gasteiger partial charge on any atom is -0.484 e. The van der Waals surface area contributed by atoms with Crippen LogP contribution in [0.3, 0.4) is 0 Å². The largest absolute Gasteiger partial charge is 0.484 e. The maximum Gasteiger partial charge on any atom is 0.417 e. The third kappa shape index (κ3) is 5.57. The van der Waals surface area contributed by atoms with E-state index in [4.69, 9.17) is 9.15 Å². The Morgan fingerprint density at radius 3 is 2.29 bits per heavy atom. The van der Waals surface area contributed by atoms with Gasteiger partial charge in [-0.25, -0.2) is 13.2 Å². The molecular formula is C22H21F3N2O6S. The zero-order valence-electron chi connectivity index (χ0n) is 18.2. The van der Waals surface area contributed by atoms with Crippen LogP contribution in [0.4, 0.5) is 18.9 Å². The van der Waals surface area contributed by atoms with Gasteiger partial charge in [0.2, 0.25) is 10.0 Å². The van der Waals surface area contributed by atoms with Crippen molar-refractivity contribution in [3.8, 4) is 5.75 Å². The second-order valence-corrected chi connectivity index (χ2v) is 9.02. The molecule has 1 amide bonds. The van der Waals surface area contributed by atoms with Gasteiger partial charge in [0.05, 0.1) is 10.5 Å². The van der Waals surface area contributed by atoms with E-state index in [1.165, 1.54) is 34.6 Å². The van der Waals surface area contributed by atoms with E-state index in [1.54, 1.807) is 13.8 Å². The first-order valence-electron chi connectivity index (χ1n) is 10.1. The third-order valence-corrected chi connectivity index (χ3v) is 6.94. The van der Waals surface area contributed by atoms with E-state index in [0.717, 1.165) is 12.1 Å². The van der Waals surface area contributed by atoms with E-state index in [-0.39, 0.29) is 21.6 Å². The van der Waals surface area contributed by atoms with E-state index in [2.05, 4.69) is 5.32 Å². The quantitative estimate of drug-likeness (QED) is 0.473. The van der Waals surface area contributed by atoms with E-state index in [0.29, 0.717) is 24.8 Å². The van der Waals surface area contributed by atoms with Gasteiger partial charge in [0.25, 0.3) is 5.91 Å². The zero-order chi connectivity index (χ0) is 25.1. The van der Waals surface area contributed by atoms with Crippen LogP contribution in [0.5, 0.6) is 5.75 Å². The van der Waals surface area contributed by atoms with Gasteiger partial charge in [0, 0.05) is 36.3 Å². The van der Waals surface area contributed by atoms with Gasteiger partial charge in [-0.2, -0.15) is 17.5 Å². The summed E-state index contributed by atoms with van der Waals surface area (Å²) in [5.74, 6) is -0.573. The fourth-order valence-electron chi connectivity index (χ4n) is 3.24. The number of fused-ring (bicyclic) bond motifs is 1. The Kier molecular flexibility index (Phi) is 7.32. The van der Waals surface area contributed by atoms with Crippen LogP contribution in [-0.2, 0) is 21.0 Å². The topological polar surface area (TPSA) is 106 Å². The molecule has 1 N–H and O–H groups in total. The summed E-state index contributed by atoms with van der Waals surface area (Å²) in [5.41, 5.74) is -2.30. The molecule has 0 aliphatic heterocycles. The summed E-state index contributed by atoms with van der Waals surface area (Å²) in [6.45, 7) is 3.62. The standard InChI is InChI=1S/C22H21F3N2O6S/c1-3-27(4-2)34(30,31)16-8-5-14(6-9-16)26-20(28)13-32-15-7-10-17-18(22(23,24)25)12-21(29)33-19(17)11-15/h5-12H,3-4,13H2,1-2H3,(H,26,28). The number of anilines is 1. The number of carbonyl (C=O) groups excluding carboxylic acids is 1. The molecule has 0 unspecified atom stereocenters. The SMILES string of the molecule is CCN(CC)S(=O)(=O)c1ccc(NC(=O)COc2ccc3c(C(F)(F)F)cc(=O)oc3c2)cc1. The number of carbonyl (C=O) groups is 1. The molecule has 1 aromatic heterocycles. The maximum absolute atomic E-state index is 13.1. The molecule has 34 heavy (non-hydrogen) atoms. The molecule has 182 valence electrons. The molecule has 0 bridgehead atoms. The highest BCUT2D eigenvalue weighted by Crippen LogP contribution is 2.34. The van der Waals surface area contributed by atoms with Gasteiger partial charge in [-0.15, -0.1) is 0 Å². The Morgan fingerprint density at radius 1 is 1.06 bits per heavy atom. The van der Waals surface area contributed by atoms with Crippen LogP contribution in [0, 0.1) is 0 Å². The van der Waals surface area contributed by atoms with Crippen molar-refractivity contribution in [1.82, 2.24) is 4.31 Å². The molecule has 0 saturated carbocycles. The Labute approximate surface area is 193 Å². The molecule has 0 aliphatic rings. The van der Waals surface area contributed by atoms with Crippen LogP contribution in [0.15, 0.2) is 62.6 Å². The molecule has 0 spiro atoms. The summed E-state index contributed by atoms with van der Waals surface area (Å²) in [5, 5.41) is 2.21. The number of sulfonamides is 1. The number of hydrogen-bond donors (Lipinski definition) is 1. The molecule has 0 fully saturated rings. The van der Waals surface area contributed by atoms with Crippen molar-refractivity contribution in [3.63, 3.8) is 0 Å².